The molecule has 0 spiro atoms. The van der Waals surface area contributed by atoms with Crippen molar-refractivity contribution < 1.29 is 26.7 Å². The Kier molecular flexibility index (Phi) is 5.51. The van der Waals surface area contributed by atoms with Crippen LogP contribution in [0, 0.1) is 20.2 Å². The number of nitrogens with zero attached hydrogens (tertiary/aromatic N) is 3. The Balaban J connectivity index is 1.91. The third kappa shape index (κ3) is 4.12. The van der Waals surface area contributed by atoms with E-state index < -0.39 is 40.3 Å². The minimum atomic E-state index is -4.41. The summed E-state index contributed by atoms with van der Waals surface area (Å²) in [6, 6.07) is 8.78. The fraction of sp³-hybridized carbons (Fsp3) is 0. The van der Waals surface area contributed by atoms with Crippen LogP contribution in [0.4, 0.5) is 16.5 Å². The number of hydrogen-bond acceptors (Lipinski definition) is 10. The van der Waals surface area contributed by atoms with E-state index in [2.05, 4.69) is 4.98 Å². The highest BCUT2D eigenvalue weighted by Gasteiger charge is 2.28. The monoisotopic (exact) mass is 470 g/mol. The SMILES string of the molecule is O=[N+]([O-])c1ccc(S(=O)(=O)c2cnc(NS(=O)(=O)c3ccccc3[N+](=O)[O-])s2)cc1. The lowest BCUT2D eigenvalue weighted by Crippen LogP contribution is -2.14. The van der Waals surface area contributed by atoms with Crippen LogP contribution in [0.25, 0.3) is 0 Å². The maximum absolute atomic E-state index is 12.6. The largest absolute Gasteiger partial charge is 0.289 e. The molecular weight excluding hydrogens is 460 g/mol. The second-order valence-electron chi connectivity index (χ2n) is 5.57. The standard InChI is InChI=1S/C15H10N4O8S3/c20-18(21)10-5-7-11(8-6-10)29(24,25)14-9-16-15(28-14)17-30(26,27)13-4-2-1-3-12(13)19(22)23/h1-9H,(H,16,17). The first kappa shape index (κ1) is 21.3. The van der Waals surface area contributed by atoms with Crippen molar-refractivity contribution in [2.45, 2.75) is 14.0 Å². The van der Waals surface area contributed by atoms with Gasteiger partial charge in [0.15, 0.2) is 10.0 Å². The third-order valence-corrected chi connectivity index (χ3v) is 8.34. The van der Waals surface area contributed by atoms with E-state index in [0.29, 0.717) is 11.3 Å². The molecule has 1 aromatic heterocycles. The van der Waals surface area contributed by atoms with Gasteiger partial charge in [0.05, 0.1) is 20.9 Å². The van der Waals surface area contributed by atoms with Gasteiger partial charge >= 0.3 is 0 Å². The molecule has 12 nitrogen and oxygen atoms in total. The van der Waals surface area contributed by atoms with Crippen molar-refractivity contribution in [3.05, 3.63) is 75.0 Å². The molecule has 3 rings (SSSR count). The molecule has 0 aliphatic rings. The van der Waals surface area contributed by atoms with Crippen molar-refractivity contribution in [2.24, 2.45) is 0 Å². The van der Waals surface area contributed by atoms with Crippen LogP contribution in [0.15, 0.2) is 68.7 Å². The summed E-state index contributed by atoms with van der Waals surface area (Å²) in [5.74, 6) is 0. The summed E-state index contributed by atoms with van der Waals surface area (Å²) in [7, 11) is -8.53. The molecule has 30 heavy (non-hydrogen) atoms. The van der Waals surface area contributed by atoms with Crippen LogP contribution in [0.3, 0.4) is 0 Å². The first-order chi connectivity index (χ1) is 14.0. The van der Waals surface area contributed by atoms with Crippen molar-refractivity contribution in [3.8, 4) is 0 Å². The summed E-state index contributed by atoms with van der Waals surface area (Å²) in [5.41, 5.74) is -0.948. The lowest BCUT2D eigenvalue weighted by atomic mass is 10.3. The molecule has 0 saturated carbocycles. The molecule has 0 fully saturated rings. The van der Waals surface area contributed by atoms with Gasteiger partial charge in [-0.3, -0.25) is 25.0 Å². The van der Waals surface area contributed by atoms with Crippen molar-refractivity contribution in [1.29, 1.82) is 0 Å². The Morgan fingerprint density at radius 1 is 0.900 bits per heavy atom. The molecule has 0 atom stereocenters. The first-order valence-electron chi connectivity index (χ1n) is 7.74. The van der Waals surface area contributed by atoms with Crippen molar-refractivity contribution in [3.63, 3.8) is 0 Å². The predicted molar refractivity (Wildman–Crippen MR) is 105 cm³/mol. The first-order valence-corrected chi connectivity index (χ1v) is 11.5. The zero-order valence-corrected chi connectivity index (χ0v) is 17.0. The van der Waals surface area contributed by atoms with Crippen LogP contribution in [-0.2, 0) is 19.9 Å². The highest BCUT2D eigenvalue weighted by atomic mass is 32.2. The van der Waals surface area contributed by atoms with Gasteiger partial charge in [0.1, 0.15) is 4.21 Å². The maximum Gasteiger partial charge on any atom is 0.289 e. The Morgan fingerprint density at radius 3 is 2.13 bits per heavy atom. The number of para-hydroxylation sites is 1. The molecule has 1 heterocycles. The minimum Gasteiger partial charge on any atom is -0.258 e. The van der Waals surface area contributed by atoms with Gasteiger partial charge in [-0.15, -0.1) is 0 Å². The number of sulfone groups is 1. The molecule has 2 aromatic carbocycles. The number of rotatable bonds is 7. The topological polar surface area (TPSA) is 179 Å². The number of anilines is 1. The van der Waals surface area contributed by atoms with E-state index in [1.807, 2.05) is 4.72 Å². The number of nitro benzene ring substituents is 2. The number of nitrogens with one attached hydrogen (secondary N) is 1. The molecule has 1 N–H and O–H groups in total. The van der Waals surface area contributed by atoms with Gasteiger partial charge in [-0.2, -0.15) is 0 Å². The summed E-state index contributed by atoms with van der Waals surface area (Å²) in [6.07, 6.45) is 0.915. The number of nitro groups is 2. The fourth-order valence-corrected chi connectivity index (χ4v) is 6.15. The zero-order chi connectivity index (χ0) is 22.1. The van der Waals surface area contributed by atoms with E-state index in [0.717, 1.165) is 42.6 Å². The molecule has 0 bridgehead atoms. The van der Waals surface area contributed by atoms with Gasteiger partial charge in [-0.05, 0) is 18.2 Å². The summed E-state index contributed by atoms with van der Waals surface area (Å²) < 4.78 is 52.0. The molecule has 156 valence electrons. The number of thiazole rings is 1. The van der Waals surface area contributed by atoms with Gasteiger partial charge in [0.25, 0.3) is 21.4 Å². The number of hydrogen-bond donors (Lipinski definition) is 1. The predicted octanol–water partition coefficient (Wildman–Crippen LogP) is 2.59. The van der Waals surface area contributed by atoms with Crippen molar-refractivity contribution in [2.75, 3.05) is 4.72 Å². The molecule has 0 unspecified atom stereocenters. The van der Waals surface area contributed by atoms with Crippen LogP contribution in [0.1, 0.15) is 0 Å². The molecule has 0 radical (unpaired) electrons. The smallest absolute Gasteiger partial charge is 0.258 e. The lowest BCUT2D eigenvalue weighted by Gasteiger charge is -2.05. The minimum absolute atomic E-state index is 0.246. The maximum atomic E-state index is 12.6. The Morgan fingerprint density at radius 2 is 1.53 bits per heavy atom. The summed E-state index contributed by atoms with van der Waals surface area (Å²) >= 11 is 0.488. The molecule has 0 saturated heterocycles. The zero-order valence-electron chi connectivity index (χ0n) is 14.5. The molecule has 3 aromatic rings. The Bertz CT molecular complexity index is 1350. The highest BCUT2D eigenvalue weighted by Crippen LogP contribution is 2.31. The van der Waals surface area contributed by atoms with Gasteiger partial charge in [-0.1, -0.05) is 23.5 Å². The number of aromatic nitrogens is 1. The second kappa shape index (κ2) is 7.77. The molecule has 15 heteroatoms. The molecular formula is C15H10N4O8S3. The van der Waals surface area contributed by atoms with Crippen LogP contribution in [0.2, 0.25) is 0 Å². The number of benzene rings is 2. The molecule has 0 aliphatic carbocycles. The highest BCUT2D eigenvalue weighted by molar-refractivity contribution is 7.94. The summed E-state index contributed by atoms with van der Waals surface area (Å²) in [5, 5.41) is 21.4. The van der Waals surface area contributed by atoms with E-state index in [9.17, 15) is 37.1 Å². The summed E-state index contributed by atoms with van der Waals surface area (Å²) in [4.78, 5) is 23.1. The van der Waals surface area contributed by atoms with Crippen LogP contribution >= 0.6 is 11.3 Å². The van der Waals surface area contributed by atoms with Gasteiger partial charge < -0.3 is 0 Å². The molecule has 0 amide bonds. The fourth-order valence-electron chi connectivity index (χ4n) is 2.30. The van der Waals surface area contributed by atoms with Gasteiger partial charge in [-0.25, -0.2) is 21.8 Å². The third-order valence-electron chi connectivity index (χ3n) is 3.68. The van der Waals surface area contributed by atoms with Crippen molar-refractivity contribution in [1.82, 2.24) is 4.98 Å². The second-order valence-corrected chi connectivity index (χ2v) is 10.4. The van der Waals surface area contributed by atoms with Gasteiger partial charge in [0, 0.05) is 18.2 Å². The van der Waals surface area contributed by atoms with Crippen molar-refractivity contribution >= 4 is 47.7 Å². The van der Waals surface area contributed by atoms with Crippen LogP contribution in [0.5, 0.6) is 0 Å². The average molecular weight is 470 g/mol. The lowest BCUT2D eigenvalue weighted by molar-refractivity contribution is -0.387. The summed E-state index contributed by atoms with van der Waals surface area (Å²) in [6.45, 7) is 0. The Hall–Kier alpha value is -3.43. The van der Waals surface area contributed by atoms with E-state index >= 15 is 0 Å². The Labute approximate surface area is 173 Å². The van der Waals surface area contributed by atoms with E-state index in [1.54, 1.807) is 0 Å². The van der Waals surface area contributed by atoms with E-state index in [-0.39, 0.29) is 19.9 Å². The van der Waals surface area contributed by atoms with E-state index in [4.69, 9.17) is 0 Å². The van der Waals surface area contributed by atoms with E-state index in [1.165, 1.54) is 12.1 Å². The quantitative estimate of drug-likeness (QED) is 0.401. The normalized spacial score (nSPS) is 11.7. The van der Waals surface area contributed by atoms with Crippen LogP contribution < -0.4 is 4.72 Å². The molecule has 0 aliphatic heterocycles. The number of non-ortho nitro benzene ring substituents is 1. The van der Waals surface area contributed by atoms with Gasteiger partial charge in [0.2, 0.25) is 9.84 Å². The number of sulfonamides is 1. The average Bonchev–Trinajstić information content (AvgIpc) is 3.16. The van der Waals surface area contributed by atoms with Crippen LogP contribution in [-0.4, -0.2) is 31.7 Å².